The Morgan fingerprint density at radius 1 is 1.10 bits per heavy atom. The number of imidazole rings is 1. The smallest absolute Gasteiger partial charge is 0.137 e. The van der Waals surface area contributed by atoms with E-state index < -0.39 is 0 Å². The van der Waals surface area contributed by atoms with Gasteiger partial charge >= 0.3 is 0 Å². The van der Waals surface area contributed by atoms with E-state index in [9.17, 15) is 0 Å². The maximum Gasteiger partial charge on any atom is 0.137 e. The molecule has 0 aliphatic heterocycles. The number of fused-ring (bicyclic) bond motifs is 1. The van der Waals surface area contributed by atoms with E-state index >= 15 is 0 Å². The highest BCUT2D eigenvalue weighted by Crippen LogP contribution is 2.16. The molecule has 2 heterocycles. The van der Waals surface area contributed by atoms with E-state index in [2.05, 4.69) is 40.1 Å². The molecule has 0 saturated heterocycles. The van der Waals surface area contributed by atoms with Gasteiger partial charge in [-0.05, 0) is 36.2 Å². The lowest BCUT2D eigenvalue weighted by Gasteiger charge is -2.04. The summed E-state index contributed by atoms with van der Waals surface area (Å²) in [6.45, 7) is 3.14. The van der Waals surface area contributed by atoms with Crippen LogP contribution in [-0.4, -0.2) is 15.9 Å². The van der Waals surface area contributed by atoms with Crippen LogP contribution in [0, 0.1) is 0 Å². The average molecular weight is 300 g/mol. The molecule has 21 heavy (non-hydrogen) atoms. The quantitative estimate of drug-likeness (QED) is 0.756. The molecule has 108 valence electrons. The Balaban J connectivity index is 1.81. The number of aromatic nitrogens is 2. The molecule has 1 N–H and O–H groups in total. The lowest BCUT2D eigenvalue weighted by atomic mass is 10.1. The summed E-state index contributed by atoms with van der Waals surface area (Å²) in [5.74, 6) is 0. The minimum atomic E-state index is 0.764. The molecule has 0 aliphatic rings. The summed E-state index contributed by atoms with van der Waals surface area (Å²) in [5.41, 5.74) is 4.37. The zero-order chi connectivity index (χ0) is 14.7. The van der Waals surface area contributed by atoms with Gasteiger partial charge < -0.3 is 9.72 Å². The predicted molar refractivity (Wildman–Crippen MR) is 88.2 cm³/mol. The number of benzene rings is 1. The number of hydrogen-bond acceptors (Lipinski definition) is 2. The Bertz CT molecular complexity index is 731. The molecule has 3 nitrogen and oxygen atoms in total. The second-order valence-electron chi connectivity index (χ2n) is 5.15. The fourth-order valence-electron chi connectivity index (χ4n) is 2.31. The predicted octanol–water partition coefficient (Wildman–Crippen LogP) is 4.40. The number of pyridine rings is 1. The second kappa shape index (κ2) is 6.19. The van der Waals surface area contributed by atoms with Crippen LogP contribution in [-0.2, 0) is 6.42 Å². The van der Waals surface area contributed by atoms with Gasteiger partial charge in [0, 0.05) is 30.4 Å². The number of rotatable bonds is 5. The Hall–Kier alpha value is -2.00. The molecule has 0 bridgehead atoms. The summed E-state index contributed by atoms with van der Waals surface area (Å²) >= 11 is 5.91. The fourth-order valence-corrected chi connectivity index (χ4v) is 2.44. The molecule has 3 aromatic rings. The summed E-state index contributed by atoms with van der Waals surface area (Å²) in [7, 11) is 0. The first-order valence-corrected chi connectivity index (χ1v) is 7.58. The summed E-state index contributed by atoms with van der Waals surface area (Å²) in [6, 6.07) is 12.0. The summed E-state index contributed by atoms with van der Waals surface area (Å²) in [4.78, 5) is 4.65. The van der Waals surface area contributed by atoms with Crippen molar-refractivity contribution in [3.8, 4) is 0 Å². The fraction of sp³-hybridized carbons (Fsp3) is 0.235. The van der Waals surface area contributed by atoms with Crippen LogP contribution in [0.5, 0.6) is 0 Å². The molecule has 0 spiro atoms. The molecule has 2 aromatic heterocycles. The van der Waals surface area contributed by atoms with E-state index in [0.717, 1.165) is 41.4 Å². The van der Waals surface area contributed by atoms with E-state index in [1.165, 1.54) is 5.56 Å². The Kier molecular flexibility index (Phi) is 4.11. The molecular formula is C17H18ClN3. The third kappa shape index (κ3) is 3.37. The first-order valence-electron chi connectivity index (χ1n) is 7.20. The van der Waals surface area contributed by atoms with E-state index in [0.29, 0.717) is 0 Å². The molecule has 0 radical (unpaired) electrons. The van der Waals surface area contributed by atoms with Gasteiger partial charge in [0.1, 0.15) is 5.65 Å². The van der Waals surface area contributed by atoms with Crippen molar-refractivity contribution in [3.05, 3.63) is 65.1 Å². The highest BCUT2D eigenvalue weighted by molar-refractivity contribution is 6.30. The van der Waals surface area contributed by atoms with Gasteiger partial charge in [-0.3, -0.25) is 0 Å². The van der Waals surface area contributed by atoms with Crippen molar-refractivity contribution >= 4 is 22.9 Å². The Morgan fingerprint density at radius 3 is 2.67 bits per heavy atom. The number of nitrogens with one attached hydrogen (secondary N) is 1. The Labute approximate surface area is 129 Å². The lowest BCUT2D eigenvalue weighted by molar-refractivity contribution is 0.975. The van der Waals surface area contributed by atoms with Crippen molar-refractivity contribution in [2.24, 2.45) is 0 Å². The molecule has 0 unspecified atom stereocenters. The summed E-state index contributed by atoms with van der Waals surface area (Å²) in [5, 5.41) is 4.15. The average Bonchev–Trinajstić information content (AvgIpc) is 2.89. The van der Waals surface area contributed by atoms with E-state index in [-0.39, 0.29) is 0 Å². The largest absolute Gasteiger partial charge is 0.384 e. The van der Waals surface area contributed by atoms with Gasteiger partial charge in [0.15, 0.2) is 0 Å². The van der Waals surface area contributed by atoms with Crippen LogP contribution in [0.1, 0.15) is 24.6 Å². The molecule has 0 amide bonds. The monoisotopic (exact) mass is 299 g/mol. The van der Waals surface area contributed by atoms with Crippen LogP contribution in [0.4, 0.5) is 5.69 Å². The van der Waals surface area contributed by atoms with Crippen LogP contribution < -0.4 is 5.32 Å². The lowest BCUT2D eigenvalue weighted by Crippen LogP contribution is -2.00. The van der Waals surface area contributed by atoms with Crippen molar-refractivity contribution in [3.63, 3.8) is 0 Å². The third-order valence-electron chi connectivity index (χ3n) is 3.38. The highest BCUT2D eigenvalue weighted by atomic mass is 35.5. The molecule has 0 fully saturated rings. The van der Waals surface area contributed by atoms with Gasteiger partial charge in [-0.1, -0.05) is 30.7 Å². The van der Waals surface area contributed by atoms with Crippen molar-refractivity contribution < 1.29 is 0 Å². The van der Waals surface area contributed by atoms with Gasteiger partial charge in [0.25, 0.3) is 0 Å². The van der Waals surface area contributed by atoms with Gasteiger partial charge in [-0.2, -0.15) is 0 Å². The van der Waals surface area contributed by atoms with Crippen LogP contribution in [0.15, 0.2) is 48.8 Å². The topological polar surface area (TPSA) is 29.3 Å². The van der Waals surface area contributed by atoms with Gasteiger partial charge in [0.05, 0.1) is 11.4 Å². The molecule has 0 atom stereocenters. The number of nitrogens with zero attached hydrogens (tertiary/aromatic N) is 2. The SMILES string of the molecule is CCCNc1ccc2nc(Cc3ccc(Cl)cc3)cn2c1. The van der Waals surface area contributed by atoms with Crippen LogP contribution in [0.3, 0.4) is 0 Å². The normalized spacial score (nSPS) is 11.0. The maximum absolute atomic E-state index is 5.91. The van der Waals surface area contributed by atoms with Crippen LogP contribution in [0.25, 0.3) is 5.65 Å². The third-order valence-corrected chi connectivity index (χ3v) is 3.63. The zero-order valence-electron chi connectivity index (χ0n) is 12.0. The van der Waals surface area contributed by atoms with Gasteiger partial charge in [-0.15, -0.1) is 0 Å². The number of halogens is 1. The van der Waals surface area contributed by atoms with Gasteiger partial charge in [-0.25, -0.2) is 4.98 Å². The molecule has 1 aromatic carbocycles. The standard InChI is InChI=1S/C17H18ClN3/c1-2-9-19-15-7-8-17-20-16(12-21(17)11-15)10-13-3-5-14(18)6-4-13/h3-8,11-12,19H,2,9-10H2,1H3. The van der Waals surface area contributed by atoms with Crippen LogP contribution in [0.2, 0.25) is 5.02 Å². The zero-order valence-corrected chi connectivity index (χ0v) is 12.8. The minimum absolute atomic E-state index is 0.764. The first-order chi connectivity index (χ1) is 10.2. The molecular weight excluding hydrogens is 282 g/mol. The number of anilines is 1. The van der Waals surface area contributed by atoms with Crippen molar-refractivity contribution in [2.45, 2.75) is 19.8 Å². The Morgan fingerprint density at radius 2 is 1.90 bits per heavy atom. The molecule has 0 saturated carbocycles. The maximum atomic E-state index is 5.91. The van der Waals surface area contributed by atoms with E-state index in [1.807, 2.05) is 30.3 Å². The van der Waals surface area contributed by atoms with Gasteiger partial charge in [0.2, 0.25) is 0 Å². The second-order valence-corrected chi connectivity index (χ2v) is 5.58. The van der Waals surface area contributed by atoms with Crippen molar-refractivity contribution in [1.82, 2.24) is 9.38 Å². The van der Waals surface area contributed by atoms with E-state index in [1.54, 1.807) is 0 Å². The highest BCUT2D eigenvalue weighted by Gasteiger charge is 2.04. The summed E-state index contributed by atoms with van der Waals surface area (Å²) in [6.07, 6.45) is 6.10. The first kappa shape index (κ1) is 14.0. The van der Waals surface area contributed by atoms with Crippen LogP contribution >= 0.6 is 11.6 Å². The van der Waals surface area contributed by atoms with Crippen molar-refractivity contribution in [2.75, 3.05) is 11.9 Å². The van der Waals surface area contributed by atoms with Crippen molar-refractivity contribution in [1.29, 1.82) is 0 Å². The summed E-state index contributed by atoms with van der Waals surface area (Å²) < 4.78 is 2.07. The van der Waals surface area contributed by atoms with E-state index in [4.69, 9.17) is 11.6 Å². The molecule has 4 heteroatoms. The number of hydrogen-bond donors (Lipinski definition) is 1. The molecule has 3 rings (SSSR count). The molecule has 0 aliphatic carbocycles. The minimum Gasteiger partial charge on any atom is -0.384 e.